The molecule has 3 unspecified atom stereocenters. The van der Waals surface area contributed by atoms with Gasteiger partial charge in [-0.25, -0.2) is 4.57 Å². The van der Waals surface area contributed by atoms with Gasteiger partial charge >= 0.3 is 7.82 Å². The molecule has 528 valence electrons. The maximum atomic E-state index is 13.1. The third kappa shape index (κ3) is 73.4. The van der Waals surface area contributed by atoms with E-state index in [0.29, 0.717) is 17.4 Å². The summed E-state index contributed by atoms with van der Waals surface area (Å²) in [5, 5.41) is 14.1. The van der Waals surface area contributed by atoms with E-state index >= 15 is 0 Å². The van der Waals surface area contributed by atoms with Crippen molar-refractivity contribution in [3.63, 3.8) is 0 Å². The van der Waals surface area contributed by atoms with Crippen LogP contribution < -0.4 is 5.32 Å². The maximum absolute atomic E-state index is 13.1. The number of nitrogens with one attached hydrogen (secondary N) is 1. The molecule has 3 atom stereocenters. The molecule has 1 amide bonds. The molecule has 0 rings (SSSR count). The zero-order valence-corrected chi connectivity index (χ0v) is 61.5. The lowest BCUT2D eigenvalue weighted by atomic mass is 10.0. The van der Waals surface area contributed by atoms with Gasteiger partial charge < -0.3 is 19.8 Å². The normalized spacial score (nSPS) is 13.9. The quantitative estimate of drug-likeness (QED) is 0.0243. The molecule has 0 radical (unpaired) electrons. The van der Waals surface area contributed by atoms with Crippen LogP contribution in [0.4, 0.5) is 0 Å². The van der Waals surface area contributed by atoms with E-state index in [4.69, 9.17) is 9.05 Å². The van der Waals surface area contributed by atoms with Gasteiger partial charge in [0.25, 0.3) is 0 Å². The smallest absolute Gasteiger partial charge is 0.387 e. The first-order valence-corrected chi connectivity index (χ1v) is 40.8. The number of aliphatic hydroxyl groups is 1. The van der Waals surface area contributed by atoms with E-state index < -0.39 is 20.0 Å². The number of aliphatic hydroxyl groups excluding tert-OH is 1. The molecule has 0 aliphatic rings. The number of allylic oxidation sites excluding steroid dienone is 11. The first kappa shape index (κ1) is 87.9. The number of phosphoric ester groups is 1. The highest BCUT2D eigenvalue weighted by atomic mass is 31.2. The van der Waals surface area contributed by atoms with Gasteiger partial charge in [0.05, 0.1) is 39.9 Å². The summed E-state index contributed by atoms with van der Waals surface area (Å²) < 4.78 is 23.9. The van der Waals surface area contributed by atoms with Crippen molar-refractivity contribution in [3.05, 3.63) is 72.9 Å². The Labute approximate surface area is 561 Å². The summed E-state index contributed by atoms with van der Waals surface area (Å²) >= 11 is 0. The molecule has 0 bridgehead atoms. The maximum Gasteiger partial charge on any atom is 0.472 e. The van der Waals surface area contributed by atoms with Crippen LogP contribution in [0.3, 0.4) is 0 Å². The lowest BCUT2D eigenvalue weighted by Gasteiger charge is -2.25. The summed E-state index contributed by atoms with van der Waals surface area (Å²) in [5.74, 6) is -0.170. The molecule has 8 nitrogen and oxygen atoms in total. The second-order valence-corrected chi connectivity index (χ2v) is 29.5. The van der Waals surface area contributed by atoms with Crippen molar-refractivity contribution in [2.75, 3.05) is 40.9 Å². The van der Waals surface area contributed by atoms with Crippen LogP contribution >= 0.6 is 7.82 Å². The number of quaternary nitrogens is 1. The summed E-state index contributed by atoms with van der Waals surface area (Å²) in [5.41, 5.74) is 0. The van der Waals surface area contributed by atoms with Crippen molar-refractivity contribution in [1.29, 1.82) is 0 Å². The molecule has 90 heavy (non-hydrogen) atoms. The molecule has 0 fully saturated rings. The lowest BCUT2D eigenvalue weighted by Crippen LogP contribution is -2.45. The molecule has 0 aromatic carbocycles. The van der Waals surface area contributed by atoms with E-state index in [2.05, 4.69) is 79.9 Å². The van der Waals surface area contributed by atoms with Gasteiger partial charge in [-0.15, -0.1) is 0 Å². The van der Waals surface area contributed by atoms with Gasteiger partial charge in [-0.05, 0) is 64.2 Å². The molecule has 0 aliphatic carbocycles. The van der Waals surface area contributed by atoms with Crippen LogP contribution in [0, 0.1) is 0 Å². The largest absolute Gasteiger partial charge is 0.472 e. The monoisotopic (exact) mass is 1280 g/mol. The second kappa shape index (κ2) is 71.2. The average Bonchev–Trinajstić information content (AvgIpc) is 3.18. The average molecular weight is 1280 g/mol. The van der Waals surface area contributed by atoms with E-state index in [-0.39, 0.29) is 19.1 Å². The molecule has 0 heterocycles. The Bertz CT molecular complexity index is 1700. The number of amides is 1. The molecule has 0 aliphatic heterocycles. The molecule has 0 aromatic heterocycles. The predicted octanol–water partition coefficient (Wildman–Crippen LogP) is 25.7. The van der Waals surface area contributed by atoms with Crippen molar-refractivity contribution in [2.45, 2.75) is 398 Å². The summed E-state index contributed by atoms with van der Waals surface area (Å²) in [6.07, 6.45) is 101. The van der Waals surface area contributed by atoms with Gasteiger partial charge in [-0.3, -0.25) is 13.8 Å². The molecule has 9 heteroatoms. The van der Waals surface area contributed by atoms with E-state index in [1.807, 2.05) is 27.2 Å². The van der Waals surface area contributed by atoms with Gasteiger partial charge in [0, 0.05) is 6.42 Å². The molecule has 0 saturated carbocycles. The summed E-state index contributed by atoms with van der Waals surface area (Å²) in [6.45, 7) is 4.76. The first-order chi connectivity index (χ1) is 44.0. The molecule has 0 aromatic rings. The third-order valence-corrected chi connectivity index (χ3v) is 18.9. The number of rotatable bonds is 73. The molecule has 0 spiro atoms. The molecular weight excluding hydrogens is 1130 g/mol. The minimum absolute atomic E-state index is 0.0622. The number of nitrogens with zero attached hydrogens (tertiary/aromatic N) is 1. The number of unbranched alkanes of at least 4 members (excludes halogenated alkanes) is 50. The minimum atomic E-state index is -4.36. The fourth-order valence-electron chi connectivity index (χ4n) is 11.9. The first-order valence-electron chi connectivity index (χ1n) is 39.3. The SMILES string of the molecule is CC/C=C\C/C=C\C/C=C\C/C=C\C/C=C\CCCCCCCCCCCCCCCCCCCCCCCC(=O)NC(COP(=O)(O)OCC[N+](C)(C)C)C(O)/C=C/CCCCCCCCCCCCCCCCCCCCCCCCCCCCCCC. The van der Waals surface area contributed by atoms with E-state index in [1.165, 1.54) is 295 Å². The van der Waals surface area contributed by atoms with Crippen molar-refractivity contribution in [2.24, 2.45) is 0 Å². The number of phosphoric acid groups is 1. The summed E-state index contributed by atoms with van der Waals surface area (Å²) in [7, 11) is 1.59. The Morgan fingerprint density at radius 1 is 0.389 bits per heavy atom. The van der Waals surface area contributed by atoms with Gasteiger partial charge in [-0.1, -0.05) is 389 Å². The van der Waals surface area contributed by atoms with Crippen molar-refractivity contribution >= 4 is 13.7 Å². The minimum Gasteiger partial charge on any atom is -0.387 e. The standard InChI is InChI=1S/C81H153N2O6P/c1-6-8-10-12-14-16-18-20-22-24-26-28-30-32-34-36-38-39-40-41-42-43-45-47-49-51-53-55-57-59-61-63-65-67-69-71-73-75-81(85)82-79(78-89-90(86,87)88-77-76-83(3,4)5)80(84)74-72-70-68-66-64-62-60-58-56-54-52-50-48-46-44-37-35-33-31-29-27-25-23-21-19-17-15-13-11-9-7-2/h8,10,14,16,20,22,26,28,32,34,72,74,79-80,84H,6-7,9,11-13,15,17-19,21,23-25,27,29-31,33,35-71,73,75-78H2,1-5H3,(H-,82,85,86,87)/p+1/b10-8-,16-14-,22-20-,28-26-,34-32-,74-72+. The van der Waals surface area contributed by atoms with Gasteiger partial charge in [-0.2, -0.15) is 0 Å². The zero-order chi connectivity index (χ0) is 65.5. The van der Waals surface area contributed by atoms with Crippen LogP contribution in [0.25, 0.3) is 0 Å². The topological polar surface area (TPSA) is 105 Å². The van der Waals surface area contributed by atoms with Gasteiger partial charge in [0.1, 0.15) is 13.2 Å². The summed E-state index contributed by atoms with van der Waals surface area (Å²) in [6, 6.07) is -0.849. The van der Waals surface area contributed by atoms with Crippen molar-refractivity contribution < 1.29 is 32.9 Å². The van der Waals surface area contributed by atoms with Crippen LogP contribution in [-0.4, -0.2) is 73.4 Å². The highest BCUT2D eigenvalue weighted by Gasteiger charge is 2.28. The van der Waals surface area contributed by atoms with Crippen molar-refractivity contribution in [3.8, 4) is 0 Å². The number of carbonyl (C=O) groups excluding carboxylic acids is 1. The fraction of sp³-hybridized carbons (Fsp3) is 0.840. The zero-order valence-electron chi connectivity index (χ0n) is 60.6. The second-order valence-electron chi connectivity index (χ2n) is 28.1. The Morgan fingerprint density at radius 2 is 0.667 bits per heavy atom. The Morgan fingerprint density at radius 3 is 0.978 bits per heavy atom. The van der Waals surface area contributed by atoms with Crippen LogP contribution in [0.1, 0.15) is 386 Å². The Hall–Kier alpha value is -2.06. The number of carbonyl (C=O) groups is 1. The van der Waals surface area contributed by atoms with Gasteiger partial charge in [0.2, 0.25) is 5.91 Å². The van der Waals surface area contributed by atoms with Crippen molar-refractivity contribution in [1.82, 2.24) is 5.32 Å². The van der Waals surface area contributed by atoms with E-state index in [9.17, 15) is 19.4 Å². The predicted molar refractivity (Wildman–Crippen MR) is 397 cm³/mol. The number of hydrogen-bond acceptors (Lipinski definition) is 5. The molecule has 3 N–H and O–H groups in total. The van der Waals surface area contributed by atoms with E-state index in [1.54, 1.807) is 6.08 Å². The Kier molecular flexibility index (Phi) is 69.6. The Balaban J connectivity index is 3.97. The van der Waals surface area contributed by atoms with Crippen LogP contribution in [-0.2, 0) is 18.4 Å². The number of likely N-dealkylation sites (N-methyl/N-ethyl adjacent to an activating group) is 1. The van der Waals surface area contributed by atoms with Crippen LogP contribution in [0.5, 0.6) is 0 Å². The highest BCUT2D eigenvalue weighted by Crippen LogP contribution is 2.43. The third-order valence-electron chi connectivity index (χ3n) is 17.9. The summed E-state index contributed by atoms with van der Waals surface area (Å²) in [4.78, 5) is 23.5. The fourth-order valence-corrected chi connectivity index (χ4v) is 12.6. The van der Waals surface area contributed by atoms with E-state index in [0.717, 1.165) is 70.6 Å². The molecule has 0 saturated heterocycles. The van der Waals surface area contributed by atoms with Gasteiger partial charge in [0.15, 0.2) is 0 Å². The van der Waals surface area contributed by atoms with Crippen LogP contribution in [0.2, 0.25) is 0 Å². The number of hydrogen-bond donors (Lipinski definition) is 3. The van der Waals surface area contributed by atoms with Crippen LogP contribution in [0.15, 0.2) is 72.9 Å². The lowest BCUT2D eigenvalue weighted by molar-refractivity contribution is -0.870. The highest BCUT2D eigenvalue weighted by molar-refractivity contribution is 7.47. The molecular formula is C81H154N2O6P+.